The van der Waals surface area contributed by atoms with Crippen molar-refractivity contribution in [3.63, 3.8) is 0 Å². The lowest BCUT2D eigenvalue weighted by Crippen LogP contribution is -2.50. The van der Waals surface area contributed by atoms with Gasteiger partial charge in [-0.3, -0.25) is 4.79 Å². The summed E-state index contributed by atoms with van der Waals surface area (Å²) < 4.78 is 41.8. The SMILES string of the molecule is O=C(c1ccc(Oc2ccccc2)cc1)N1CCN(S(=O)(=O)c2cccc3nsnc23)CC1. The molecule has 3 aromatic carbocycles. The first-order valence-corrected chi connectivity index (χ1v) is 12.5. The molecule has 0 bridgehead atoms. The fourth-order valence-electron chi connectivity index (χ4n) is 3.73. The zero-order chi connectivity index (χ0) is 22.8. The van der Waals surface area contributed by atoms with E-state index in [4.69, 9.17) is 4.74 Å². The Kier molecular flexibility index (Phi) is 5.79. The number of piperazine rings is 1. The van der Waals surface area contributed by atoms with Gasteiger partial charge in [-0.2, -0.15) is 13.1 Å². The van der Waals surface area contributed by atoms with E-state index in [-0.39, 0.29) is 23.9 Å². The number of hydrogen-bond acceptors (Lipinski definition) is 7. The lowest BCUT2D eigenvalue weighted by Gasteiger charge is -2.34. The van der Waals surface area contributed by atoms with Crippen molar-refractivity contribution in [3.8, 4) is 11.5 Å². The number of sulfonamides is 1. The third-order valence-electron chi connectivity index (χ3n) is 5.47. The molecule has 8 nitrogen and oxygen atoms in total. The van der Waals surface area contributed by atoms with Crippen LogP contribution in [0.1, 0.15) is 10.4 Å². The van der Waals surface area contributed by atoms with E-state index in [9.17, 15) is 13.2 Å². The minimum absolute atomic E-state index is 0.135. The average Bonchev–Trinajstić information content (AvgIpc) is 3.34. The smallest absolute Gasteiger partial charge is 0.253 e. The van der Waals surface area contributed by atoms with E-state index in [0.29, 0.717) is 35.4 Å². The first-order valence-electron chi connectivity index (χ1n) is 10.4. The van der Waals surface area contributed by atoms with Crippen LogP contribution in [0, 0.1) is 0 Å². The zero-order valence-corrected chi connectivity index (χ0v) is 19.1. The number of fused-ring (bicyclic) bond motifs is 1. The predicted molar refractivity (Wildman–Crippen MR) is 125 cm³/mol. The van der Waals surface area contributed by atoms with Crippen LogP contribution in [0.5, 0.6) is 11.5 Å². The molecule has 1 aliphatic heterocycles. The Bertz CT molecular complexity index is 1380. The number of para-hydroxylation sites is 1. The lowest BCUT2D eigenvalue weighted by atomic mass is 10.2. The molecule has 33 heavy (non-hydrogen) atoms. The second-order valence-corrected chi connectivity index (χ2v) is 9.96. The summed E-state index contributed by atoms with van der Waals surface area (Å²) in [6.07, 6.45) is 0. The third kappa shape index (κ3) is 4.32. The Morgan fingerprint density at radius 2 is 1.52 bits per heavy atom. The quantitative estimate of drug-likeness (QED) is 0.433. The maximum atomic E-state index is 13.2. The summed E-state index contributed by atoms with van der Waals surface area (Å²) in [6.45, 7) is 1.06. The topological polar surface area (TPSA) is 92.7 Å². The maximum Gasteiger partial charge on any atom is 0.253 e. The Balaban J connectivity index is 1.24. The normalized spacial score (nSPS) is 15.0. The van der Waals surface area contributed by atoms with Gasteiger partial charge in [0.05, 0.1) is 11.7 Å². The Hall–Kier alpha value is -3.34. The second-order valence-electron chi connectivity index (χ2n) is 7.52. The summed E-state index contributed by atoms with van der Waals surface area (Å²) in [5.74, 6) is 1.22. The highest BCUT2D eigenvalue weighted by Crippen LogP contribution is 2.26. The van der Waals surface area contributed by atoms with E-state index < -0.39 is 10.0 Å². The molecule has 1 aromatic heterocycles. The zero-order valence-electron chi connectivity index (χ0n) is 17.5. The van der Waals surface area contributed by atoms with E-state index in [1.54, 1.807) is 47.4 Å². The highest BCUT2D eigenvalue weighted by atomic mass is 32.2. The number of amides is 1. The molecule has 168 valence electrons. The van der Waals surface area contributed by atoms with Crippen molar-refractivity contribution in [1.82, 2.24) is 18.0 Å². The molecule has 0 saturated carbocycles. The number of carbonyl (C=O) groups is 1. The van der Waals surface area contributed by atoms with E-state index in [1.165, 1.54) is 4.31 Å². The molecule has 2 heterocycles. The van der Waals surface area contributed by atoms with E-state index in [2.05, 4.69) is 8.75 Å². The predicted octanol–water partition coefficient (Wildman–Crippen LogP) is 3.63. The van der Waals surface area contributed by atoms with Crippen molar-refractivity contribution in [2.75, 3.05) is 26.2 Å². The summed E-state index contributed by atoms with van der Waals surface area (Å²) in [5, 5.41) is 0. The summed E-state index contributed by atoms with van der Waals surface area (Å²) >= 11 is 0.988. The first kappa shape index (κ1) is 21.5. The number of nitrogens with zero attached hydrogens (tertiary/aromatic N) is 4. The van der Waals surface area contributed by atoms with Crippen molar-refractivity contribution in [1.29, 1.82) is 0 Å². The largest absolute Gasteiger partial charge is 0.457 e. The number of hydrogen-bond donors (Lipinski definition) is 0. The van der Waals surface area contributed by atoms with Crippen molar-refractivity contribution < 1.29 is 17.9 Å². The van der Waals surface area contributed by atoms with Gasteiger partial charge in [0.2, 0.25) is 10.0 Å². The van der Waals surface area contributed by atoms with Crippen molar-refractivity contribution >= 4 is 38.7 Å². The molecular weight excluding hydrogens is 460 g/mol. The van der Waals surface area contributed by atoms with Crippen LogP contribution in [-0.2, 0) is 10.0 Å². The molecule has 5 rings (SSSR count). The molecule has 0 radical (unpaired) electrons. The van der Waals surface area contributed by atoms with Crippen LogP contribution in [0.25, 0.3) is 11.0 Å². The number of benzene rings is 3. The van der Waals surface area contributed by atoms with Gasteiger partial charge >= 0.3 is 0 Å². The fourth-order valence-corrected chi connectivity index (χ4v) is 5.91. The van der Waals surface area contributed by atoms with Gasteiger partial charge in [-0.15, -0.1) is 0 Å². The molecule has 1 aliphatic rings. The average molecular weight is 481 g/mol. The van der Waals surface area contributed by atoms with E-state index in [0.717, 1.165) is 17.5 Å². The fraction of sp³-hybridized carbons (Fsp3) is 0.174. The van der Waals surface area contributed by atoms with Crippen LogP contribution in [0.4, 0.5) is 0 Å². The summed E-state index contributed by atoms with van der Waals surface area (Å²) in [7, 11) is -3.72. The van der Waals surface area contributed by atoms with Crippen LogP contribution >= 0.6 is 11.7 Å². The Morgan fingerprint density at radius 1 is 0.818 bits per heavy atom. The minimum Gasteiger partial charge on any atom is -0.457 e. The Morgan fingerprint density at radius 3 is 2.24 bits per heavy atom. The van der Waals surface area contributed by atoms with Gasteiger partial charge < -0.3 is 9.64 Å². The third-order valence-corrected chi connectivity index (χ3v) is 7.95. The summed E-state index contributed by atoms with van der Waals surface area (Å²) in [5.41, 5.74) is 1.48. The molecule has 10 heteroatoms. The van der Waals surface area contributed by atoms with Crippen LogP contribution in [0.15, 0.2) is 77.7 Å². The summed E-state index contributed by atoms with van der Waals surface area (Å²) in [4.78, 5) is 14.8. The highest BCUT2D eigenvalue weighted by Gasteiger charge is 2.32. The van der Waals surface area contributed by atoms with Gasteiger partial charge in [0.1, 0.15) is 27.4 Å². The van der Waals surface area contributed by atoms with Gasteiger partial charge in [0, 0.05) is 31.7 Å². The van der Waals surface area contributed by atoms with Crippen LogP contribution in [0.3, 0.4) is 0 Å². The lowest BCUT2D eigenvalue weighted by molar-refractivity contribution is 0.0698. The first-order chi connectivity index (χ1) is 16.0. The monoisotopic (exact) mass is 480 g/mol. The number of ether oxygens (including phenoxy) is 1. The van der Waals surface area contributed by atoms with Gasteiger partial charge in [0.15, 0.2) is 0 Å². The van der Waals surface area contributed by atoms with Gasteiger partial charge in [-0.25, -0.2) is 8.42 Å². The number of carbonyl (C=O) groups excluding carboxylic acids is 1. The van der Waals surface area contributed by atoms with Crippen molar-refractivity contribution in [3.05, 3.63) is 78.4 Å². The molecule has 1 amide bonds. The molecule has 0 aliphatic carbocycles. The molecule has 1 saturated heterocycles. The standard InChI is InChI=1S/C23H20N4O4S2/c28-23(17-9-11-19(12-10-17)31-18-5-2-1-3-6-18)26-13-15-27(16-14-26)33(29,30)21-8-4-7-20-22(21)25-32-24-20/h1-12H,13-16H2. The van der Waals surface area contributed by atoms with Crippen LogP contribution in [0.2, 0.25) is 0 Å². The molecule has 0 N–H and O–H groups in total. The highest BCUT2D eigenvalue weighted by molar-refractivity contribution is 7.89. The van der Waals surface area contributed by atoms with Crippen LogP contribution in [-0.4, -0.2) is 58.5 Å². The Labute approximate surface area is 195 Å². The van der Waals surface area contributed by atoms with E-state index >= 15 is 0 Å². The molecule has 0 atom stereocenters. The van der Waals surface area contributed by atoms with Gasteiger partial charge in [0.25, 0.3) is 5.91 Å². The summed E-state index contributed by atoms with van der Waals surface area (Å²) in [6, 6.07) is 21.3. The molecule has 0 spiro atoms. The van der Waals surface area contributed by atoms with Crippen molar-refractivity contribution in [2.24, 2.45) is 0 Å². The molecule has 0 unspecified atom stereocenters. The van der Waals surface area contributed by atoms with Crippen LogP contribution < -0.4 is 4.74 Å². The van der Waals surface area contributed by atoms with Gasteiger partial charge in [-0.1, -0.05) is 24.3 Å². The maximum absolute atomic E-state index is 13.2. The van der Waals surface area contributed by atoms with Gasteiger partial charge in [-0.05, 0) is 48.5 Å². The molecular formula is C23H20N4O4S2. The number of aromatic nitrogens is 2. The molecule has 4 aromatic rings. The van der Waals surface area contributed by atoms with E-state index in [1.807, 2.05) is 30.3 Å². The second kappa shape index (κ2) is 8.89. The minimum atomic E-state index is -3.72. The molecule has 1 fully saturated rings. The van der Waals surface area contributed by atoms with Crippen molar-refractivity contribution in [2.45, 2.75) is 4.90 Å². The number of rotatable bonds is 5.